The summed E-state index contributed by atoms with van der Waals surface area (Å²) in [5.41, 5.74) is 3.57. The van der Waals surface area contributed by atoms with Crippen LogP contribution < -0.4 is 9.46 Å². The van der Waals surface area contributed by atoms with Crippen LogP contribution in [0.15, 0.2) is 65.8 Å². The van der Waals surface area contributed by atoms with Crippen LogP contribution in [-0.4, -0.2) is 30.7 Å². The van der Waals surface area contributed by atoms with Crippen molar-refractivity contribution in [3.05, 3.63) is 66.7 Å². The monoisotopic (exact) mass is 398 g/mol. The van der Waals surface area contributed by atoms with E-state index in [1.807, 2.05) is 6.07 Å². The molecule has 2 aromatic heterocycles. The van der Waals surface area contributed by atoms with E-state index < -0.39 is 20.7 Å². The molecule has 28 heavy (non-hydrogen) atoms. The second kappa shape index (κ2) is 6.93. The summed E-state index contributed by atoms with van der Waals surface area (Å²) in [6.45, 7) is 0. The molecule has 2 heterocycles. The van der Waals surface area contributed by atoms with Crippen molar-refractivity contribution in [1.82, 2.24) is 15.2 Å². The molecule has 9 heteroatoms. The lowest BCUT2D eigenvalue weighted by Gasteiger charge is -2.11. The minimum atomic E-state index is -4.11. The Bertz CT molecular complexity index is 1250. The molecule has 0 saturated heterocycles. The van der Waals surface area contributed by atoms with E-state index in [4.69, 9.17) is 4.74 Å². The first-order chi connectivity index (χ1) is 13.5. The van der Waals surface area contributed by atoms with Gasteiger partial charge in [0, 0.05) is 23.5 Å². The highest BCUT2D eigenvalue weighted by Crippen LogP contribution is 2.26. The van der Waals surface area contributed by atoms with Gasteiger partial charge in [-0.3, -0.25) is 14.8 Å². The molecule has 0 atom stereocenters. The maximum absolute atomic E-state index is 14.0. The third kappa shape index (κ3) is 3.39. The third-order valence-electron chi connectivity index (χ3n) is 4.19. The molecule has 0 aliphatic carbocycles. The van der Waals surface area contributed by atoms with Crippen LogP contribution in [0.3, 0.4) is 0 Å². The van der Waals surface area contributed by atoms with E-state index >= 15 is 0 Å². The fourth-order valence-corrected chi connectivity index (χ4v) is 3.90. The summed E-state index contributed by atoms with van der Waals surface area (Å²) in [7, 11) is -2.73. The third-order valence-corrected chi connectivity index (χ3v) is 5.58. The molecule has 0 spiro atoms. The molecule has 0 unspecified atom stereocenters. The van der Waals surface area contributed by atoms with Crippen molar-refractivity contribution < 1.29 is 17.5 Å². The highest BCUT2D eigenvalue weighted by atomic mass is 32.2. The maximum Gasteiger partial charge on any atom is 0.264 e. The summed E-state index contributed by atoms with van der Waals surface area (Å²) in [6.07, 6.45) is 3.34. The van der Waals surface area contributed by atoms with Crippen LogP contribution in [0.2, 0.25) is 0 Å². The van der Waals surface area contributed by atoms with Crippen molar-refractivity contribution >= 4 is 26.7 Å². The number of aromatic amines is 1. The fraction of sp³-hybridized carbons (Fsp3) is 0.0526. The van der Waals surface area contributed by atoms with Gasteiger partial charge in [0.15, 0.2) is 0 Å². The number of nitrogens with one attached hydrogen (secondary N) is 2. The topological polar surface area (TPSA) is 97.0 Å². The Hall–Kier alpha value is -3.46. The zero-order valence-corrected chi connectivity index (χ0v) is 15.5. The average Bonchev–Trinajstić information content (AvgIpc) is 3.16. The highest BCUT2D eigenvalue weighted by Gasteiger charge is 2.20. The molecule has 4 aromatic rings. The summed E-state index contributed by atoms with van der Waals surface area (Å²) in [4.78, 5) is 3.82. The lowest BCUT2D eigenvalue weighted by molar-refractivity contribution is 0.411. The molecule has 0 radical (unpaired) electrons. The van der Waals surface area contributed by atoms with Crippen LogP contribution in [0, 0.1) is 5.82 Å². The van der Waals surface area contributed by atoms with Gasteiger partial charge < -0.3 is 4.74 Å². The molecule has 2 aromatic carbocycles. The van der Waals surface area contributed by atoms with E-state index in [0.29, 0.717) is 5.69 Å². The number of H-pyrrole nitrogens is 1. The van der Waals surface area contributed by atoms with Crippen molar-refractivity contribution in [2.45, 2.75) is 4.90 Å². The lowest BCUT2D eigenvalue weighted by atomic mass is 10.1. The van der Waals surface area contributed by atoms with Crippen LogP contribution in [0.1, 0.15) is 0 Å². The van der Waals surface area contributed by atoms with Gasteiger partial charge >= 0.3 is 0 Å². The van der Waals surface area contributed by atoms with Crippen molar-refractivity contribution in [3.8, 4) is 16.9 Å². The number of ether oxygens (including phenoxy) is 1. The smallest absolute Gasteiger partial charge is 0.264 e. The van der Waals surface area contributed by atoms with Gasteiger partial charge in [0.05, 0.1) is 18.8 Å². The molecule has 0 saturated carbocycles. The summed E-state index contributed by atoms with van der Waals surface area (Å²) in [6, 6.07) is 12.1. The molecule has 0 aliphatic heterocycles. The van der Waals surface area contributed by atoms with Gasteiger partial charge in [-0.05, 0) is 35.9 Å². The number of halogens is 1. The number of hydrogen-bond acceptors (Lipinski definition) is 5. The van der Waals surface area contributed by atoms with E-state index in [-0.39, 0.29) is 5.75 Å². The van der Waals surface area contributed by atoms with E-state index in [9.17, 15) is 12.8 Å². The first-order valence-corrected chi connectivity index (χ1v) is 9.70. The SMILES string of the molecule is COc1ccc(F)c(S(=O)(=O)Nc2ccc(-c3cnc4cn[nH]c4c3)cc2)c1. The number of sulfonamides is 1. The maximum atomic E-state index is 14.0. The van der Waals surface area contributed by atoms with Crippen molar-refractivity contribution in [2.75, 3.05) is 11.8 Å². The number of anilines is 1. The molecule has 7 nitrogen and oxygen atoms in total. The Kier molecular flexibility index (Phi) is 4.44. The van der Waals surface area contributed by atoms with E-state index in [1.54, 1.807) is 36.7 Å². The molecule has 0 bridgehead atoms. The molecule has 0 aliphatic rings. The molecule has 4 rings (SSSR count). The molecule has 2 N–H and O–H groups in total. The van der Waals surface area contributed by atoms with Gasteiger partial charge in [-0.2, -0.15) is 5.10 Å². The lowest BCUT2D eigenvalue weighted by Crippen LogP contribution is -2.14. The molecular formula is C19H15FN4O3S. The number of nitrogens with zero attached hydrogens (tertiary/aromatic N) is 2. The Morgan fingerprint density at radius 1 is 1.04 bits per heavy atom. The van der Waals surface area contributed by atoms with Gasteiger partial charge in [0.2, 0.25) is 0 Å². The first kappa shape index (κ1) is 17.9. The predicted octanol–water partition coefficient (Wildman–Crippen LogP) is 3.57. The summed E-state index contributed by atoms with van der Waals surface area (Å²) in [5.74, 6) is -0.609. The van der Waals surface area contributed by atoms with Crippen molar-refractivity contribution in [3.63, 3.8) is 0 Å². The second-order valence-corrected chi connectivity index (χ2v) is 7.66. The van der Waals surface area contributed by atoms with Crippen LogP contribution in [0.4, 0.5) is 10.1 Å². The van der Waals surface area contributed by atoms with Crippen molar-refractivity contribution in [2.24, 2.45) is 0 Å². The Morgan fingerprint density at radius 3 is 2.57 bits per heavy atom. The van der Waals surface area contributed by atoms with Gasteiger partial charge in [-0.15, -0.1) is 0 Å². The molecular weight excluding hydrogens is 383 g/mol. The molecule has 0 fully saturated rings. The number of pyridine rings is 1. The minimum Gasteiger partial charge on any atom is -0.497 e. The van der Waals surface area contributed by atoms with Crippen LogP contribution in [0.25, 0.3) is 22.2 Å². The quantitative estimate of drug-likeness (QED) is 0.536. The average molecular weight is 398 g/mol. The van der Waals surface area contributed by atoms with E-state index in [0.717, 1.165) is 34.3 Å². The van der Waals surface area contributed by atoms with Gasteiger partial charge in [0.25, 0.3) is 10.0 Å². The van der Waals surface area contributed by atoms with Crippen LogP contribution in [-0.2, 0) is 10.0 Å². The first-order valence-electron chi connectivity index (χ1n) is 8.22. The van der Waals surface area contributed by atoms with Gasteiger partial charge in [-0.25, -0.2) is 12.8 Å². The summed E-state index contributed by atoms with van der Waals surface area (Å²) in [5, 5.41) is 6.79. The van der Waals surface area contributed by atoms with Crippen LogP contribution in [0.5, 0.6) is 5.75 Å². The summed E-state index contributed by atoms with van der Waals surface area (Å²) >= 11 is 0. The number of benzene rings is 2. The number of fused-ring (bicyclic) bond motifs is 1. The number of aromatic nitrogens is 3. The largest absolute Gasteiger partial charge is 0.497 e. The summed E-state index contributed by atoms with van der Waals surface area (Å²) < 4.78 is 46.4. The van der Waals surface area contributed by atoms with Gasteiger partial charge in [0.1, 0.15) is 22.0 Å². The van der Waals surface area contributed by atoms with E-state index in [1.165, 1.54) is 13.2 Å². The normalized spacial score (nSPS) is 11.5. The number of rotatable bonds is 5. The standard InChI is InChI=1S/C19H15FN4O3S/c1-27-15-6-7-16(20)19(9-15)28(25,26)24-14-4-2-12(3-5-14)13-8-17-18(21-10-13)11-22-23-17/h2-11,24H,1H3,(H,22,23). The molecule has 0 amide bonds. The Labute approximate surface area is 160 Å². The molecule has 142 valence electrons. The zero-order chi connectivity index (χ0) is 19.7. The minimum absolute atomic E-state index is 0.249. The van der Waals surface area contributed by atoms with E-state index in [2.05, 4.69) is 19.9 Å². The van der Waals surface area contributed by atoms with Gasteiger partial charge in [-0.1, -0.05) is 12.1 Å². The van der Waals surface area contributed by atoms with Crippen LogP contribution >= 0.6 is 0 Å². The Morgan fingerprint density at radius 2 is 1.82 bits per heavy atom. The predicted molar refractivity (Wildman–Crippen MR) is 103 cm³/mol. The second-order valence-electron chi connectivity index (χ2n) is 6.01. The Balaban J connectivity index is 1.60. The number of hydrogen-bond donors (Lipinski definition) is 2. The van der Waals surface area contributed by atoms with Crippen molar-refractivity contribution in [1.29, 1.82) is 0 Å². The number of methoxy groups -OCH3 is 1. The highest BCUT2D eigenvalue weighted by molar-refractivity contribution is 7.92. The zero-order valence-electron chi connectivity index (χ0n) is 14.7. The fourth-order valence-electron chi connectivity index (χ4n) is 2.75.